The molecule has 1 unspecified atom stereocenters. The second-order valence-electron chi connectivity index (χ2n) is 2.98. The van der Waals surface area contributed by atoms with Gasteiger partial charge in [-0.25, -0.2) is 0 Å². The molecule has 1 aromatic carbocycles. The Labute approximate surface area is 91.8 Å². The first-order chi connectivity index (χ1) is 7.34. The van der Waals surface area contributed by atoms with Crippen LogP contribution in [0.1, 0.15) is 6.92 Å². The summed E-state index contributed by atoms with van der Waals surface area (Å²) >= 11 is 0. The minimum absolute atomic E-state index is 0.0641. The van der Waals surface area contributed by atoms with Crippen LogP contribution in [0.25, 0.3) is 0 Å². The maximum Gasteiger partial charge on any atom is 0.320 e. The summed E-state index contributed by atoms with van der Waals surface area (Å²) in [5, 5.41) is 17.9. The number of benzene rings is 1. The van der Waals surface area contributed by atoms with Crippen LogP contribution in [-0.4, -0.2) is 22.0 Å². The van der Waals surface area contributed by atoms with Crippen molar-refractivity contribution in [1.29, 1.82) is 0 Å². The van der Waals surface area contributed by atoms with Gasteiger partial charge in [0.15, 0.2) is 0 Å². The van der Waals surface area contributed by atoms with Crippen molar-refractivity contribution >= 4 is 17.3 Å². The molecule has 0 aromatic heterocycles. The number of hydrogen-bond donors (Lipinski definition) is 3. The van der Waals surface area contributed by atoms with Crippen molar-refractivity contribution in [2.45, 2.75) is 13.0 Å². The average molecular weight is 227 g/mol. The van der Waals surface area contributed by atoms with Crippen molar-refractivity contribution in [3.8, 4) is 0 Å². The predicted molar refractivity (Wildman–Crippen MR) is 58.8 cm³/mol. The first-order valence-electron chi connectivity index (χ1n) is 4.33. The van der Waals surface area contributed by atoms with E-state index in [4.69, 9.17) is 16.6 Å². The number of nitrogens with zero attached hydrogens (tertiary/aromatic N) is 1. The second kappa shape index (κ2) is 6.36. The lowest BCUT2D eigenvalue weighted by Gasteiger charge is -1.90. The molecule has 1 atom stereocenters. The van der Waals surface area contributed by atoms with Crippen molar-refractivity contribution in [2.75, 3.05) is 5.73 Å². The summed E-state index contributed by atoms with van der Waals surface area (Å²) in [5.74, 6) is -0.963. The van der Waals surface area contributed by atoms with Crippen LogP contribution in [-0.2, 0) is 4.79 Å². The van der Waals surface area contributed by atoms with E-state index >= 15 is 0 Å². The molecule has 0 heterocycles. The fraction of sp³-hybridized carbons (Fsp3) is 0.222. The van der Waals surface area contributed by atoms with E-state index in [9.17, 15) is 14.9 Å². The third-order valence-corrected chi connectivity index (χ3v) is 1.49. The maximum absolute atomic E-state index is 10.1. The van der Waals surface area contributed by atoms with Crippen LogP contribution in [0, 0.1) is 10.1 Å². The van der Waals surface area contributed by atoms with Crippen molar-refractivity contribution in [3.63, 3.8) is 0 Å². The molecule has 16 heavy (non-hydrogen) atoms. The third kappa shape index (κ3) is 5.55. The Bertz CT molecular complexity index is 362. The standard InChI is InChI=1S/C6H6N2O2.C3H7NO2/c7-5-1-3-6(4-2-5)8(9)10;1-2(4)3(5)6/h1-4H,7H2;2H,4H2,1H3,(H,5,6). The minimum Gasteiger partial charge on any atom is -0.480 e. The van der Waals surface area contributed by atoms with E-state index in [0.717, 1.165) is 0 Å². The lowest BCUT2D eigenvalue weighted by molar-refractivity contribution is -0.384. The molecule has 1 rings (SSSR count). The molecule has 1 aromatic rings. The van der Waals surface area contributed by atoms with Gasteiger partial charge in [-0.3, -0.25) is 14.9 Å². The van der Waals surface area contributed by atoms with Gasteiger partial charge in [0.1, 0.15) is 6.04 Å². The first-order valence-corrected chi connectivity index (χ1v) is 4.33. The molecule has 0 aliphatic rings. The van der Waals surface area contributed by atoms with Gasteiger partial charge in [0.25, 0.3) is 5.69 Å². The summed E-state index contributed by atoms with van der Waals surface area (Å²) in [7, 11) is 0. The molecule has 0 saturated heterocycles. The molecule has 0 radical (unpaired) electrons. The van der Waals surface area contributed by atoms with E-state index in [-0.39, 0.29) is 5.69 Å². The van der Waals surface area contributed by atoms with Crippen LogP contribution in [0.5, 0.6) is 0 Å². The Morgan fingerprint density at radius 1 is 1.44 bits per heavy atom. The molecule has 7 nitrogen and oxygen atoms in total. The Kier molecular flexibility index (Phi) is 5.50. The molecule has 5 N–H and O–H groups in total. The summed E-state index contributed by atoms with van der Waals surface area (Å²) in [4.78, 5) is 19.2. The van der Waals surface area contributed by atoms with Crippen molar-refractivity contribution in [2.24, 2.45) is 5.73 Å². The molecule has 0 aliphatic heterocycles. The zero-order chi connectivity index (χ0) is 12.7. The van der Waals surface area contributed by atoms with Crippen LogP contribution in [0.15, 0.2) is 24.3 Å². The van der Waals surface area contributed by atoms with Gasteiger partial charge in [0.2, 0.25) is 0 Å². The normalized spacial score (nSPS) is 10.9. The smallest absolute Gasteiger partial charge is 0.320 e. The molecule has 0 amide bonds. The Morgan fingerprint density at radius 2 is 1.81 bits per heavy atom. The lowest BCUT2D eigenvalue weighted by atomic mass is 10.3. The van der Waals surface area contributed by atoms with Gasteiger partial charge in [0, 0.05) is 17.8 Å². The zero-order valence-corrected chi connectivity index (χ0v) is 8.66. The van der Waals surface area contributed by atoms with Crippen LogP contribution < -0.4 is 11.5 Å². The third-order valence-electron chi connectivity index (χ3n) is 1.49. The highest BCUT2D eigenvalue weighted by atomic mass is 16.6. The number of nitrogens with two attached hydrogens (primary N) is 2. The number of hydrogen-bond acceptors (Lipinski definition) is 5. The number of aliphatic carboxylic acids is 1. The summed E-state index contributed by atoms with van der Waals surface area (Å²) in [5.41, 5.74) is 10.7. The number of carboxylic acids is 1. The molecule has 0 fully saturated rings. The largest absolute Gasteiger partial charge is 0.480 e. The highest BCUT2D eigenvalue weighted by Crippen LogP contribution is 2.11. The van der Waals surface area contributed by atoms with Crippen molar-refractivity contribution < 1.29 is 14.8 Å². The average Bonchev–Trinajstić information content (AvgIpc) is 2.19. The molecule has 0 saturated carbocycles. The fourth-order valence-electron chi connectivity index (χ4n) is 0.596. The van der Waals surface area contributed by atoms with E-state index in [2.05, 4.69) is 0 Å². The van der Waals surface area contributed by atoms with Crippen molar-refractivity contribution in [3.05, 3.63) is 34.4 Å². The second-order valence-corrected chi connectivity index (χ2v) is 2.98. The summed E-state index contributed by atoms with van der Waals surface area (Å²) in [6.07, 6.45) is 0. The summed E-state index contributed by atoms with van der Waals surface area (Å²) in [6, 6.07) is 5.01. The molecule has 0 spiro atoms. The predicted octanol–water partition coefficient (Wildman–Crippen LogP) is 0.595. The SMILES string of the molecule is CC(N)C(=O)O.Nc1ccc([N+](=O)[O-])cc1. The van der Waals surface area contributed by atoms with Gasteiger partial charge >= 0.3 is 5.97 Å². The highest BCUT2D eigenvalue weighted by molar-refractivity contribution is 5.72. The molecular formula is C9H13N3O4. The van der Waals surface area contributed by atoms with Crippen LogP contribution >= 0.6 is 0 Å². The number of nitro benzene ring substituents is 1. The Balaban J connectivity index is 0.000000325. The van der Waals surface area contributed by atoms with Crippen LogP contribution in [0.3, 0.4) is 0 Å². The van der Waals surface area contributed by atoms with E-state index in [1.54, 1.807) is 0 Å². The van der Waals surface area contributed by atoms with Gasteiger partial charge in [-0.05, 0) is 19.1 Å². The maximum atomic E-state index is 10.1. The van der Waals surface area contributed by atoms with E-state index < -0.39 is 16.9 Å². The van der Waals surface area contributed by atoms with Gasteiger partial charge in [0.05, 0.1) is 4.92 Å². The number of nitrogen functional groups attached to an aromatic ring is 1. The molecular weight excluding hydrogens is 214 g/mol. The van der Waals surface area contributed by atoms with E-state index in [1.165, 1.54) is 31.2 Å². The summed E-state index contributed by atoms with van der Waals surface area (Å²) in [6.45, 7) is 1.42. The van der Waals surface area contributed by atoms with Gasteiger partial charge < -0.3 is 16.6 Å². The molecule has 7 heteroatoms. The Morgan fingerprint density at radius 3 is 2.06 bits per heavy atom. The number of carboxylic acid groups (broad SMARTS) is 1. The van der Waals surface area contributed by atoms with Gasteiger partial charge in [-0.15, -0.1) is 0 Å². The Hall–Kier alpha value is -2.15. The first kappa shape index (κ1) is 13.8. The topological polar surface area (TPSA) is 132 Å². The zero-order valence-electron chi connectivity index (χ0n) is 8.66. The van der Waals surface area contributed by atoms with Gasteiger partial charge in [-0.2, -0.15) is 0 Å². The summed E-state index contributed by atoms with van der Waals surface area (Å²) < 4.78 is 0. The molecule has 0 aliphatic carbocycles. The van der Waals surface area contributed by atoms with Crippen LogP contribution in [0.2, 0.25) is 0 Å². The van der Waals surface area contributed by atoms with E-state index in [0.29, 0.717) is 5.69 Å². The van der Waals surface area contributed by atoms with Crippen LogP contribution in [0.4, 0.5) is 11.4 Å². The van der Waals surface area contributed by atoms with Gasteiger partial charge in [-0.1, -0.05) is 0 Å². The number of nitro groups is 1. The highest BCUT2D eigenvalue weighted by Gasteiger charge is 2.01. The minimum atomic E-state index is -0.963. The fourth-order valence-corrected chi connectivity index (χ4v) is 0.596. The van der Waals surface area contributed by atoms with E-state index in [1.807, 2.05) is 0 Å². The molecule has 88 valence electrons. The lowest BCUT2D eigenvalue weighted by Crippen LogP contribution is -2.25. The number of carbonyl (C=O) groups is 1. The van der Waals surface area contributed by atoms with Crippen molar-refractivity contribution in [1.82, 2.24) is 0 Å². The quantitative estimate of drug-likeness (QED) is 0.385. The number of anilines is 1. The number of non-ortho nitro benzene ring substituents is 1. The monoisotopic (exact) mass is 227 g/mol. The number of rotatable bonds is 2. The molecule has 0 bridgehead atoms.